The molecule has 3 aromatic rings. The van der Waals surface area contributed by atoms with E-state index in [1.807, 2.05) is 24.3 Å². The predicted octanol–water partition coefficient (Wildman–Crippen LogP) is 4.88. The van der Waals surface area contributed by atoms with Gasteiger partial charge in [-0.05, 0) is 35.2 Å². The minimum Gasteiger partial charge on any atom is -0.325 e. The molecule has 0 aliphatic carbocycles. The van der Waals surface area contributed by atoms with Gasteiger partial charge in [0.2, 0.25) is 5.91 Å². The zero-order valence-electron chi connectivity index (χ0n) is 15.8. The van der Waals surface area contributed by atoms with Crippen molar-refractivity contribution >= 4 is 34.0 Å². The van der Waals surface area contributed by atoms with Gasteiger partial charge in [-0.3, -0.25) is 9.59 Å². The van der Waals surface area contributed by atoms with Crippen molar-refractivity contribution < 1.29 is 4.79 Å². The molecular formula is C22H23ClN2O2. The highest BCUT2D eigenvalue weighted by atomic mass is 35.5. The third kappa shape index (κ3) is 4.58. The third-order valence-electron chi connectivity index (χ3n) is 4.25. The molecule has 140 valence electrons. The van der Waals surface area contributed by atoms with E-state index in [4.69, 9.17) is 11.6 Å². The highest BCUT2D eigenvalue weighted by molar-refractivity contribution is 6.31. The van der Waals surface area contributed by atoms with Crippen molar-refractivity contribution in [3.63, 3.8) is 0 Å². The van der Waals surface area contributed by atoms with Crippen LogP contribution in [0.5, 0.6) is 0 Å². The molecule has 27 heavy (non-hydrogen) atoms. The van der Waals surface area contributed by atoms with Crippen LogP contribution in [0.2, 0.25) is 5.02 Å². The fourth-order valence-electron chi connectivity index (χ4n) is 3.07. The quantitative estimate of drug-likeness (QED) is 0.699. The Morgan fingerprint density at radius 1 is 1.04 bits per heavy atom. The summed E-state index contributed by atoms with van der Waals surface area (Å²) >= 11 is 6.13. The number of nitrogens with one attached hydrogen (secondary N) is 1. The first kappa shape index (κ1) is 19.2. The number of halogens is 1. The maximum absolute atomic E-state index is 12.8. The second kappa shape index (κ2) is 7.57. The molecule has 0 aliphatic heterocycles. The van der Waals surface area contributed by atoms with Crippen molar-refractivity contribution in [2.24, 2.45) is 5.41 Å². The molecule has 1 aromatic heterocycles. The third-order valence-corrected chi connectivity index (χ3v) is 4.61. The van der Waals surface area contributed by atoms with Crippen molar-refractivity contribution in [1.82, 2.24) is 4.57 Å². The normalized spacial score (nSPS) is 11.6. The number of rotatable bonds is 4. The summed E-state index contributed by atoms with van der Waals surface area (Å²) in [4.78, 5) is 25.3. The lowest BCUT2D eigenvalue weighted by Gasteiger charge is -2.20. The van der Waals surface area contributed by atoms with Gasteiger partial charge in [0.15, 0.2) is 0 Å². The van der Waals surface area contributed by atoms with Crippen LogP contribution in [0.1, 0.15) is 26.3 Å². The monoisotopic (exact) mass is 382 g/mol. The molecular weight excluding hydrogens is 360 g/mol. The van der Waals surface area contributed by atoms with Crippen LogP contribution < -0.4 is 10.9 Å². The summed E-state index contributed by atoms with van der Waals surface area (Å²) in [6, 6.07) is 14.5. The van der Waals surface area contributed by atoms with Crippen molar-refractivity contribution in [2.45, 2.75) is 33.7 Å². The minimum atomic E-state index is -0.172. The summed E-state index contributed by atoms with van der Waals surface area (Å²) in [7, 11) is 0. The Bertz CT molecular complexity index is 1050. The van der Waals surface area contributed by atoms with E-state index in [1.165, 1.54) is 0 Å². The molecule has 0 saturated heterocycles. The SMILES string of the molecule is CC(C)(C)Cn1ccc2c(NC(=O)Cc3ccccc3Cl)cccc2c1=O. The molecule has 0 atom stereocenters. The second-order valence-corrected chi connectivity index (χ2v) is 8.30. The van der Waals surface area contributed by atoms with E-state index in [0.29, 0.717) is 22.6 Å². The van der Waals surface area contributed by atoms with Gasteiger partial charge >= 0.3 is 0 Å². The zero-order chi connectivity index (χ0) is 19.6. The molecule has 0 spiro atoms. The summed E-state index contributed by atoms with van der Waals surface area (Å²) in [6.45, 7) is 6.91. The summed E-state index contributed by atoms with van der Waals surface area (Å²) < 4.78 is 1.72. The van der Waals surface area contributed by atoms with Crippen LogP contribution in [0, 0.1) is 5.41 Å². The lowest BCUT2D eigenvalue weighted by atomic mass is 9.96. The number of hydrogen-bond acceptors (Lipinski definition) is 2. The smallest absolute Gasteiger partial charge is 0.258 e. The maximum Gasteiger partial charge on any atom is 0.258 e. The number of carbonyl (C=O) groups is 1. The van der Waals surface area contributed by atoms with E-state index in [0.717, 1.165) is 10.9 Å². The molecule has 5 heteroatoms. The average Bonchev–Trinajstić information content (AvgIpc) is 2.59. The van der Waals surface area contributed by atoms with Crippen molar-refractivity contribution in [1.29, 1.82) is 0 Å². The Morgan fingerprint density at radius 3 is 2.48 bits per heavy atom. The van der Waals surface area contributed by atoms with Crippen LogP contribution in [0.25, 0.3) is 10.8 Å². The zero-order valence-corrected chi connectivity index (χ0v) is 16.5. The lowest BCUT2D eigenvalue weighted by molar-refractivity contribution is -0.115. The van der Waals surface area contributed by atoms with Gasteiger partial charge in [-0.15, -0.1) is 0 Å². The Morgan fingerprint density at radius 2 is 1.78 bits per heavy atom. The number of amides is 1. The summed E-state index contributed by atoms with van der Waals surface area (Å²) in [5, 5.41) is 4.81. The Hall–Kier alpha value is -2.59. The summed E-state index contributed by atoms with van der Waals surface area (Å²) in [5.41, 5.74) is 1.34. The van der Waals surface area contributed by atoms with Gasteiger partial charge in [-0.25, -0.2) is 0 Å². The van der Waals surface area contributed by atoms with Gasteiger partial charge < -0.3 is 9.88 Å². The Labute approximate surface area is 163 Å². The van der Waals surface area contributed by atoms with Gasteiger partial charge in [-0.1, -0.05) is 56.6 Å². The number of pyridine rings is 1. The minimum absolute atomic E-state index is 0.00170. The van der Waals surface area contributed by atoms with Gasteiger partial charge in [0.25, 0.3) is 5.56 Å². The number of benzene rings is 2. The van der Waals surface area contributed by atoms with Gasteiger partial charge in [-0.2, -0.15) is 0 Å². The number of aromatic nitrogens is 1. The summed E-state index contributed by atoms with van der Waals surface area (Å²) in [6.07, 6.45) is 1.97. The van der Waals surface area contributed by atoms with Crippen LogP contribution in [0.4, 0.5) is 5.69 Å². The summed E-state index contributed by atoms with van der Waals surface area (Å²) in [5.74, 6) is -0.172. The molecule has 1 amide bonds. The Balaban J connectivity index is 1.89. The molecule has 0 saturated carbocycles. The number of fused-ring (bicyclic) bond motifs is 1. The Kier molecular flexibility index (Phi) is 5.38. The van der Waals surface area contributed by atoms with Gasteiger partial charge in [0, 0.05) is 34.2 Å². The van der Waals surface area contributed by atoms with Crippen LogP contribution >= 0.6 is 11.6 Å². The second-order valence-electron chi connectivity index (χ2n) is 7.89. The topological polar surface area (TPSA) is 51.1 Å². The molecule has 3 rings (SSSR count). The molecule has 2 aromatic carbocycles. The van der Waals surface area contributed by atoms with Crippen LogP contribution in [-0.2, 0) is 17.8 Å². The van der Waals surface area contributed by atoms with Crippen LogP contribution in [-0.4, -0.2) is 10.5 Å². The molecule has 1 N–H and O–H groups in total. The number of hydrogen-bond donors (Lipinski definition) is 1. The number of nitrogens with zero attached hydrogens (tertiary/aromatic N) is 1. The van der Waals surface area contributed by atoms with E-state index in [2.05, 4.69) is 26.1 Å². The first-order chi connectivity index (χ1) is 12.7. The lowest BCUT2D eigenvalue weighted by Crippen LogP contribution is -2.26. The molecule has 1 heterocycles. The van der Waals surface area contributed by atoms with E-state index in [1.54, 1.807) is 35.0 Å². The average molecular weight is 383 g/mol. The van der Waals surface area contributed by atoms with Crippen LogP contribution in [0.15, 0.2) is 59.5 Å². The molecule has 0 aliphatic rings. The predicted molar refractivity (Wildman–Crippen MR) is 111 cm³/mol. The van der Waals surface area contributed by atoms with Crippen molar-refractivity contribution in [2.75, 3.05) is 5.32 Å². The highest BCUT2D eigenvalue weighted by Crippen LogP contribution is 2.23. The standard InChI is InChI=1S/C22H23ClN2O2/c1-22(2,3)14-25-12-11-16-17(21(25)27)8-6-10-19(16)24-20(26)13-15-7-4-5-9-18(15)23/h4-12H,13-14H2,1-3H3,(H,24,26). The molecule has 4 nitrogen and oxygen atoms in total. The first-order valence-corrected chi connectivity index (χ1v) is 9.28. The molecule has 0 unspecified atom stereocenters. The number of anilines is 1. The molecule has 0 bridgehead atoms. The molecule has 0 fully saturated rings. The highest BCUT2D eigenvalue weighted by Gasteiger charge is 2.15. The number of carbonyl (C=O) groups excluding carboxylic acids is 1. The fourth-order valence-corrected chi connectivity index (χ4v) is 3.27. The maximum atomic E-state index is 12.8. The fraction of sp³-hybridized carbons (Fsp3) is 0.273. The largest absolute Gasteiger partial charge is 0.325 e. The van der Waals surface area contributed by atoms with E-state index in [9.17, 15) is 9.59 Å². The van der Waals surface area contributed by atoms with Crippen molar-refractivity contribution in [3.8, 4) is 0 Å². The van der Waals surface area contributed by atoms with Crippen LogP contribution in [0.3, 0.4) is 0 Å². The first-order valence-electron chi connectivity index (χ1n) is 8.90. The van der Waals surface area contributed by atoms with Crippen molar-refractivity contribution in [3.05, 3.63) is 75.7 Å². The van der Waals surface area contributed by atoms with E-state index >= 15 is 0 Å². The van der Waals surface area contributed by atoms with E-state index in [-0.39, 0.29) is 23.3 Å². The van der Waals surface area contributed by atoms with Gasteiger partial charge in [0.05, 0.1) is 6.42 Å². The molecule has 0 radical (unpaired) electrons. The van der Waals surface area contributed by atoms with Gasteiger partial charge in [0.1, 0.15) is 0 Å². The van der Waals surface area contributed by atoms with E-state index < -0.39 is 0 Å².